The molecule has 4 nitrogen and oxygen atoms in total. The van der Waals surface area contributed by atoms with Crippen LogP contribution in [0.25, 0.3) is 0 Å². The summed E-state index contributed by atoms with van der Waals surface area (Å²) < 4.78 is 4.51. The molecule has 0 aromatic heterocycles. The smallest absolute Gasteiger partial charge is 0.407 e. The molecule has 0 spiro atoms. The molecule has 0 saturated carbocycles. The minimum atomic E-state index is -0.809. The number of hydrogen-bond acceptors (Lipinski definition) is 3. The SMILES string of the molecule is COC(=O)N[C@@H](Cc1ccccc1)[C@@H](O)CCl. The maximum absolute atomic E-state index is 11.1. The first-order chi connectivity index (χ1) is 8.17. The topological polar surface area (TPSA) is 58.6 Å². The molecule has 0 radical (unpaired) electrons. The normalized spacial score (nSPS) is 13.8. The minimum absolute atomic E-state index is 0.0570. The Hall–Kier alpha value is -1.26. The van der Waals surface area contributed by atoms with E-state index >= 15 is 0 Å². The molecule has 0 aliphatic rings. The molecular formula is C12H16ClNO3. The lowest BCUT2D eigenvalue weighted by atomic mass is 10.0. The molecule has 2 atom stereocenters. The average molecular weight is 258 g/mol. The third-order valence-electron chi connectivity index (χ3n) is 2.41. The number of ether oxygens (including phenoxy) is 1. The van der Waals surface area contributed by atoms with E-state index in [-0.39, 0.29) is 5.88 Å². The summed E-state index contributed by atoms with van der Waals surface area (Å²) in [5, 5.41) is 12.3. The second-order valence-corrected chi connectivity index (χ2v) is 3.96. The zero-order chi connectivity index (χ0) is 12.7. The molecule has 1 amide bonds. The number of carbonyl (C=O) groups is 1. The van der Waals surface area contributed by atoms with Crippen molar-refractivity contribution in [3.8, 4) is 0 Å². The number of hydrogen-bond donors (Lipinski definition) is 2. The van der Waals surface area contributed by atoms with Crippen LogP contribution in [0.4, 0.5) is 4.79 Å². The van der Waals surface area contributed by atoms with E-state index in [1.54, 1.807) is 0 Å². The fraction of sp³-hybridized carbons (Fsp3) is 0.417. The molecule has 5 heteroatoms. The Balaban J connectivity index is 2.67. The van der Waals surface area contributed by atoms with Crippen molar-refractivity contribution in [3.05, 3.63) is 35.9 Å². The van der Waals surface area contributed by atoms with Crippen LogP contribution in [0, 0.1) is 0 Å². The van der Waals surface area contributed by atoms with Gasteiger partial charge in [-0.1, -0.05) is 30.3 Å². The van der Waals surface area contributed by atoms with Crippen LogP contribution in [0.2, 0.25) is 0 Å². The summed E-state index contributed by atoms with van der Waals surface area (Å²) in [5.74, 6) is 0.0570. The Morgan fingerprint density at radius 1 is 1.47 bits per heavy atom. The van der Waals surface area contributed by atoms with Crippen molar-refractivity contribution in [2.45, 2.75) is 18.6 Å². The fourth-order valence-corrected chi connectivity index (χ4v) is 1.68. The maximum Gasteiger partial charge on any atom is 0.407 e. The first-order valence-electron chi connectivity index (χ1n) is 5.29. The van der Waals surface area contributed by atoms with E-state index in [0.29, 0.717) is 6.42 Å². The maximum atomic E-state index is 11.1. The fourth-order valence-electron chi connectivity index (χ4n) is 1.47. The van der Waals surface area contributed by atoms with Crippen LogP contribution in [-0.2, 0) is 11.2 Å². The number of amides is 1. The van der Waals surface area contributed by atoms with Crippen LogP contribution in [0.1, 0.15) is 5.56 Å². The Labute approximate surface area is 106 Å². The Kier molecular flexibility index (Phi) is 5.80. The van der Waals surface area contributed by atoms with Gasteiger partial charge in [0.05, 0.1) is 25.1 Å². The van der Waals surface area contributed by atoms with E-state index in [4.69, 9.17) is 11.6 Å². The highest BCUT2D eigenvalue weighted by Gasteiger charge is 2.21. The van der Waals surface area contributed by atoms with E-state index in [0.717, 1.165) is 5.56 Å². The van der Waals surface area contributed by atoms with Crippen molar-refractivity contribution in [2.75, 3.05) is 13.0 Å². The number of carbonyl (C=O) groups excluding carboxylic acids is 1. The summed E-state index contributed by atoms with van der Waals surface area (Å²) >= 11 is 5.60. The number of aliphatic hydroxyl groups excluding tert-OH is 1. The van der Waals surface area contributed by atoms with Crippen molar-refractivity contribution in [3.63, 3.8) is 0 Å². The lowest BCUT2D eigenvalue weighted by Gasteiger charge is -2.22. The molecule has 0 heterocycles. The number of benzene rings is 1. The molecular weight excluding hydrogens is 242 g/mol. The summed E-state index contributed by atoms with van der Waals surface area (Å²) in [6.45, 7) is 0. The summed E-state index contributed by atoms with van der Waals surface area (Å²) in [6, 6.07) is 9.10. The van der Waals surface area contributed by atoms with Gasteiger partial charge in [0.25, 0.3) is 0 Å². The van der Waals surface area contributed by atoms with Gasteiger partial charge in [-0.2, -0.15) is 0 Å². The molecule has 0 aliphatic heterocycles. The highest BCUT2D eigenvalue weighted by molar-refractivity contribution is 6.18. The van der Waals surface area contributed by atoms with E-state index in [1.165, 1.54) is 7.11 Å². The van der Waals surface area contributed by atoms with Gasteiger partial charge < -0.3 is 15.2 Å². The monoisotopic (exact) mass is 257 g/mol. The van der Waals surface area contributed by atoms with Crippen LogP contribution in [0.3, 0.4) is 0 Å². The molecule has 1 rings (SSSR count). The van der Waals surface area contributed by atoms with Crippen LogP contribution < -0.4 is 5.32 Å². The number of alkyl carbamates (subject to hydrolysis) is 1. The van der Waals surface area contributed by atoms with Crippen molar-refractivity contribution < 1.29 is 14.6 Å². The van der Waals surface area contributed by atoms with Crippen LogP contribution >= 0.6 is 11.6 Å². The number of aliphatic hydroxyl groups is 1. The average Bonchev–Trinajstić information content (AvgIpc) is 2.38. The van der Waals surface area contributed by atoms with Gasteiger partial charge in [0.15, 0.2) is 0 Å². The van der Waals surface area contributed by atoms with E-state index < -0.39 is 18.2 Å². The number of rotatable bonds is 5. The molecule has 2 N–H and O–H groups in total. The largest absolute Gasteiger partial charge is 0.453 e. The molecule has 0 saturated heterocycles. The molecule has 1 aromatic rings. The zero-order valence-corrected chi connectivity index (χ0v) is 10.4. The first kappa shape index (κ1) is 13.8. The predicted molar refractivity (Wildman–Crippen MR) is 66.2 cm³/mol. The van der Waals surface area contributed by atoms with E-state index in [1.807, 2.05) is 30.3 Å². The van der Waals surface area contributed by atoms with Crippen molar-refractivity contribution in [2.24, 2.45) is 0 Å². The van der Waals surface area contributed by atoms with Crippen molar-refractivity contribution in [1.29, 1.82) is 0 Å². The number of halogens is 1. The predicted octanol–water partition coefficient (Wildman–Crippen LogP) is 1.55. The Morgan fingerprint density at radius 2 is 2.12 bits per heavy atom. The molecule has 1 aromatic carbocycles. The quantitative estimate of drug-likeness (QED) is 0.787. The summed E-state index contributed by atoms with van der Waals surface area (Å²) in [5.41, 5.74) is 1.01. The standard InChI is InChI=1S/C12H16ClNO3/c1-17-12(16)14-10(11(15)8-13)7-9-5-3-2-4-6-9/h2-6,10-11,15H,7-8H2,1H3,(H,14,16)/t10-,11-/m0/s1. The summed E-state index contributed by atoms with van der Waals surface area (Å²) in [4.78, 5) is 11.1. The van der Waals surface area contributed by atoms with E-state index in [9.17, 15) is 9.90 Å². The Morgan fingerprint density at radius 3 is 2.65 bits per heavy atom. The second-order valence-electron chi connectivity index (χ2n) is 3.65. The van der Waals surface area contributed by atoms with Crippen molar-refractivity contribution >= 4 is 17.7 Å². The molecule has 0 bridgehead atoms. The lowest BCUT2D eigenvalue weighted by Crippen LogP contribution is -2.45. The Bertz CT molecular complexity index is 345. The number of nitrogens with one attached hydrogen (secondary N) is 1. The third-order valence-corrected chi connectivity index (χ3v) is 2.73. The third kappa shape index (κ3) is 4.63. The highest BCUT2D eigenvalue weighted by atomic mass is 35.5. The summed E-state index contributed by atoms with van der Waals surface area (Å²) in [6.07, 6.45) is -0.879. The van der Waals surface area contributed by atoms with Gasteiger partial charge in [-0.15, -0.1) is 11.6 Å². The van der Waals surface area contributed by atoms with Gasteiger partial charge in [-0.05, 0) is 12.0 Å². The molecule has 0 fully saturated rings. The van der Waals surface area contributed by atoms with Gasteiger partial charge in [-0.25, -0.2) is 4.79 Å². The van der Waals surface area contributed by atoms with Crippen LogP contribution in [0.15, 0.2) is 30.3 Å². The minimum Gasteiger partial charge on any atom is -0.453 e. The molecule has 94 valence electrons. The van der Waals surface area contributed by atoms with Gasteiger partial charge in [0.2, 0.25) is 0 Å². The van der Waals surface area contributed by atoms with Gasteiger partial charge in [0.1, 0.15) is 0 Å². The lowest BCUT2D eigenvalue weighted by molar-refractivity contribution is 0.127. The first-order valence-corrected chi connectivity index (χ1v) is 5.83. The van der Waals surface area contributed by atoms with Gasteiger partial charge in [0, 0.05) is 0 Å². The van der Waals surface area contributed by atoms with E-state index in [2.05, 4.69) is 10.1 Å². The van der Waals surface area contributed by atoms with Gasteiger partial charge in [-0.3, -0.25) is 0 Å². The highest BCUT2D eigenvalue weighted by Crippen LogP contribution is 2.07. The second kappa shape index (κ2) is 7.14. The van der Waals surface area contributed by atoms with Gasteiger partial charge >= 0.3 is 6.09 Å². The molecule has 17 heavy (non-hydrogen) atoms. The summed E-state index contributed by atoms with van der Waals surface area (Å²) in [7, 11) is 1.28. The molecule has 0 unspecified atom stereocenters. The van der Waals surface area contributed by atoms with Crippen molar-refractivity contribution in [1.82, 2.24) is 5.32 Å². The van der Waals surface area contributed by atoms with Crippen LogP contribution in [0.5, 0.6) is 0 Å². The number of methoxy groups -OCH3 is 1. The zero-order valence-electron chi connectivity index (χ0n) is 9.60. The number of alkyl halides is 1. The molecule has 0 aliphatic carbocycles. The van der Waals surface area contributed by atoms with Crippen LogP contribution in [-0.4, -0.2) is 36.3 Å².